The van der Waals surface area contributed by atoms with Crippen molar-refractivity contribution in [1.82, 2.24) is 10.6 Å². The summed E-state index contributed by atoms with van der Waals surface area (Å²) in [5.74, 6) is 1.56. The fraction of sp³-hybridized carbons (Fsp3) is 0.429. The lowest BCUT2D eigenvalue weighted by Gasteiger charge is -2.17. The van der Waals surface area contributed by atoms with E-state index in [0.29, 0.717) is 18.2 Å². The molecule has 0 spiro atoms. The Bertz CT molecular complexity index is 664. The largest absolute Gasteiger partial charge is 0.490 e. The van der Waals surface area contributed by atoms with Crippen molar-refractivity contribution in [3.8, 4) is 11.5 Å². The zero-order valence-electron chi connectivity index (χ0n) is 15.7. The van der Waals surface area contributed by atoms with Gasteiger partial charge in [0.2, 0.25) is 0 Å². The third-order valence-corrected chi connectivity index (χ3v) is 4.33. The summed E-state index contributed by atoms with van der Waals surface area (Å²) in [6, 6.07) is 13.8. The Balaban J connectivity index is 2.02. The summed E-state index contributed by atoms with van der Waals surface area (Å²) in [5.41, 5.74) is 2.05. The topological polar surface area (TPSA) is 42.5 Å². The summed E-state index contributed by atoms with van der Waals surface area (Å²) in [5, 5.41) is 7.52. The van der Waals surface area contributed by atoms with Crippen LogP contribution in [0.4, 0.5) is 0 Å². The summed E-state index contributed by atoms with van der Waals surface area (Å²) >= 11 is 6.25. The molecule has 0 amide bonds. The molecule has 0 radical (unpaired) electrons. The molecular formula is C21H29ClN2O2. The number of benzene rings is 2. The van der Waals surface area contributed by atoms with E-state index in [-0.39, 0.29) is 0 Å². The quantitative estimate of drug-likeness (QED) is 0.538. The van der Waals surface area contributed by atoms with Gasteiger partial charge in [-0.1, -0.05) is 48.9 Å². The van der Waals surface area contributed by atoms with Gasteiger partial charge in [0, 0.05) is 22.7 Å². The van der Waals surface area contributed by atoms with Crippen LogP contribution in [0.2, 0.25) is 5.02 Å². The van der Waals surface area contributed by atoms with E-state index in [4.69, 9.17) is 21.1 Å². The Hall–Kier alpha value is -1.75. The first kappa shape index (κ1) is 20.6. The van der Waals surface area contributed by atoms with E-state index >= 15 is 0 Å². The van der Waals surface area contributed by atoms with Crippen LogP contribution in [-0.2, 0) is 13.2 Å². The van der Waals surface area contributed by atoms with E-state index in [9.17, 15) is 0 Å². The smallest absolute Gasteiger partial charge is 0.166 e. The van der Waals surface area contributed by atoms with E-state index in [1.165, 1.54) is 0 Å². The van der Waals surface area contributed by atoms with Crippen molar-refractivity contribution in [2.45, 2.75) is 33.4 Å². The maximum Gasteiger partial charge on any atom is 0.166 e. The van der Waals surface area contributed by atoms with Crippen molar-refractivity contribution in [2.24, 2.45) is 0 Å². The van der Waals surface area contributed by atoms with E-state index in [0.717, 1.165) is 55.2 Å². The molecule has 0 fully saturated rings. The lowest BCUT2D eigenvalue weighted by Crippen LogP contribution is -2.21. The van der Waals surface area contributed by atoms with Crippen molar-refractivity contribution in [1.29, 1.82) is 0 Å². The minimum absolute atomic E-state index is 0.414. The lowest BCUT2D eigenvalue weighted by molar-refractivity contribution is 0.266. The summed E-state index contributed by atoms with van der Waals surface area (Å²) in [7, 11) is 0. The predicted molar refractivity (Wildman–Crippen MR) is 108 cm³/mol. The van der Waals surface area contributed by atoms with Crippen LogP contribution in [-0.4, -0.2) is 26.2 Å². The second kappa shape index (κ2) is 11.8. The molecule has 2 N–H and O–H groups in total. The van der Waals surface area contributed by atoms with E-state index in [1.807, 2.05) is 43.3 Å². The van der Waals surface area contributed by atoms with Crippen LogP contribution in [0, 0.1) is 0 Å². The first-order valence-corrected chi connectivity index (χ1v) is 9.66. The highest BCUT2D eigenvalue weighted by Gasteiger charge is 2.12. The molecule has 0 heterocycles. The number of rotatable bonds is 12. The molecule has 5 heteroatoms. The highest BCUT2D eigenvalue weighted by atomic mass is 35.5. The highest BCUT2D eigenvalue weighted by molar-refractivity contribution is 6.31. The summed E-state index contributed by atoms with van der Waals surface area (Å²) in [6.45, 7) is 8.84. The van der Waals surface area contributed by atoms with Gasteiger partial charge in [-0.05, 0) is 45.1 Å². The molecule has 0 bridgehead atoms. The fourth-order valence-corrected chi connectivity index (χ4v) is 2.83. The predicted octanol–water partition coefficient (Wildman–Crippen LogP) is 4.41. The molecule has 2 aromatic rings. The Morgan fingerprint density at radius 1 is 0.885 bits per heavy atom. The average molecular weight is 377 g/mol. The molecule has 142 valence electrons. The lowest BCUT2D eigenvalue weighted by atomic mass is 10.1. The third-order valence-electron chi connectivity index (χ3n) is 3.96. The van der Waals surface area contributed by atoms with Crippen LogP contribution in [0.5, 0.6) is 11.5 Å². The molecule has 0 aliphatic rings. The molecule has 26 heavy (non-hydrogen) atoms. The van der Waals surface area contributed by atoms with Gasteiger partial charge in [-0.15, -0.1) is 0 Å². The molecule has 0 atom stereocenters. The van der Waals surface area contributed by atoms with Gasteiger partial charge in [-0.2, -0.15) is 0 Å². The van der Waals surface area contributed by atoms with Crippen LogP contribution in [0.25, 0.3) is 0 Å². The molecule has 0 aliphatic heterocycles. The van der Waals surface area contributed by atoms with Crippen LogP contribution in [0.15, 0.2) is 42.5 Å². The number of ether oxygens (including phenoxy) is 2. The number of halogens is 1. The van der Waals surface area contributed by atoms with Crippen LogP contribution in [0.3, 0.4) is 0 Å². The summed E-state index contributed by atoms with van der Waals surface area (Å²) in [6.07, 6.45) is 1.09. The van der Waals surface area contributed by atoms with Crippen molar-refractivity contribution in [3.05, 3.63) is 58.6 Å². The second-order valence-corrected chi connectivity index (χ2v) is 6.35. The van der Waals surface area contributed by atoms with Crippen molar-refractivity contribution < 1.29 is 9.47 Å². The molecule has 2 rings (SSSR count). The van der Waals surface area contributed by atoms with Gasteiger partial charge in [0.1, 0.15) is 6.61 Å². The molecule has 4 nitrogen and oxygen atoms in total. The van der Waals surface area contributed by atoms with E-state index in [1.54, 1.807) is 0 Å². The van der Waals surface area contributed by atoms with Gasteiger partial charge in [-0.3, -0.25) is 0 Å². The minimum Gasteiger partial charge on any atom is -0.490 e. The van der Waals surface area contributed by atoms with Crippen LogP contribution >= 0.6 is 11.6 Å². The second-order valence-electron chi connectivity index (χ2n) is 5.94. The summed E-state index contributed by atoms with van der Waals surface area (Å²) < 4.78 is 11.9. The monoisotopic (exact) mass is 376 g/mol. The molecule has 0 aromatic heterocycles. The van der Waals surface area contributed by atoms with Crippen molar-refractivity contribution >= 4 is 11.6 Å². The van der Waals surface area contributed by atoms with Gasteiger partial charge in [0.15, 0.2) is 11.5 Å². The first-order valence-electron chi connectivity index (χ1n) is 9.28. The highest BCUT2D eigenvalue weighted by Crippen LogP contribution is 2.32. The maximum atomic E-state index is 6.25. The number of para-hydroxylation sites is 1. The Labute approximate surface area is 161 Å². The number of nitrogens with one attached hydrogen (secondary N) is 2. The Kier molecular flexibility index (Phi) is 9.32. The minimum atomic E-state index is 0.414. The van der Waals surface area contributed by atoms with Gasteiger partial charge in [-0.25, -0.2) is 0 Å². The van der Waals surface area contributed by atoms with Gasteiger partial charge < -0.3 is 20.1 Å². The molecular weight excluding hydrogens is 348 g/mol. The maximum absolute atomic E-state index is 6.25. The SMILES string of the molecule is CCNCCCNCc1cccc(OCC)c1OCc1ccccc1Cl. The van der Waals surface area contributed by atoms with Crippen molar-refractivity contribution in [3.63, 3.8) is 0 Å². The number of hydrogen-bond acceptors (Lipinski definition) is 4. The number of hydrogen-bond donors (Lipinski definition) is 2. The molecule has 2 aromatic carbocycles. The molecule has 0 aliphatic carbocycles. The van der Waals surface area contributed by atoms with Crippen LogP contribution < -0.4 is 20.1 Å². The van der Waals surface area contributed by atoms with Gasteiger partial charge in [0.05, 0.1) is 6.61 Å². The normalized spacial score (nSPS) is 10.7. The summed E-state index contributed by atoms with van der Waals surface area (Å²) in [4.78, 5) is 0. The fourth-order valence-electron chi connectivity index (χ4n) is 2.64. The molecule has 0 unspecified atom stereocenters. The van der Waals surface area contributed by atoms with Crippen molar-refractivity contribution in [2.75, 3.05) is 26.2 Å². The standard InChI is InChI=1S/C21H29ClN2O2/c1-3-23-13-8-14-24-15-17-10-7-12-20(25-4-2)21(17)26-16-18-9-5-6-11-19(18)22/h5-7,9-12,23-24H,3-4,8,13-16H2,1-2H3. The average Bonchev–Trinajstić information content (AvgIpc) is 2.65. The zero-order valence-corrected chi connectivity index (χ0v) is 16.4. The van der Waals surface area contributed by atoms with Gasteiger partial charge in [0.25, 0.3) is 0 Å². The Morgan fingerprint density at radius 3 is 2.42 bits per heavy atom. The first-order chi connectivity index (χ1) is 12.8. The third kappa shape index (κ3) is 6.52. The molecule has 0 saturated heterocycles. The van der Waals surface area contributed by atoms with Crippen LogP contribution in [0.1, 0.15) is 31.4 Å². The van der Waals surface area contributed by atoms with E-state index < -0.39 is 0 Å². The van der Waals surface area contributed by atoms with Gasteiger partial charge >= 0.3 is 0 Å². The molecule has 0 saturated carbocycles. The van der Waals surface area contributed by atoms with E-state index in [2.05, 4.69) is 23.6 Å². The Morgan fingerprint density at radius 2 is 1.65 bits per heavy atom. The zero-order chi connectivity index (χ0) is 18.6.